The fourth-order valence-electron chi connectivity index (χ4n) is 0.837. The number of hydrazine groups is 1. The van der Waals surface area contributed by atoms with Gasteiger partial charge in [0.2, 0.25) is 5.96 Å². The van der Waals surface area contributed by atoms with Crippen molar-refractivity contribution in [2.24, 2.45) is 10.8 Å². The highest BCUT2D eigenvalue weighted by atomic mass is 32.1. The molecule has 0 aliphatic rings. The first-order chi connectivity index (χ1) is 6.26. The Balaban J connectivity index is 2.43. The van der Waals surface area contributed by atoms with Crippen LogP contribution in [0.15, 0.2) is 11.2 Å². The monoisotopic (exact) mass is 199 g/mol. The zero-order valence-corrected chi connectivity index (χ0v) is 8.48. The Morgan fingerprint density at radius 2 is 2.54 bits per heavy atom. The SMILES string of the molecule is CN=C(NN)NCc1ncc(C)s1. The van der Waals surface area contributed by atoms with Crippen molar-refractivity contribution >= 4 is 17.3 Å². The van der Waals surface area contributed by atoms with Crippen molar-refractivity contribution in [1.29, 1.82) is 0 Å². The van der Waals surface area contributed by atoms with E-state index in [2.05, 4.69) is 20.7 Å². The molecule has 72 valence electrons. The lowest BCUT2D eigenvalue weighted by Crippen LogP contribution is -2.40. The zero-order valence-electron chi connectivity index (χ0n) is 7.66. The van der Waals surface area contributed by atoms with Crippen molar-refractivity contribution in [1.82, 2.24) is 15.7 Å². The van der Waals surface area contributed by atoms with Gasteiger partial charge < -0.3 is 5.32 Å². The van der Waals surface area contributed by atoms with Crippen molar-refractivity contribution in [3.05, 3.63) is 16.1 Å². The van der Waals surface area contributed by atoms with Crippen LogP contribution in [-0.2, 0) is 6.54 Å². The summed E-state index contributed by atoms with van der Waals surface area (Å²) in [4.78, 5) is 9.26. The van der Waals surface area contributed by atoms with Crippen molar-refractivity contribution < 1.29 is 0 Å². The summed E-state index contributed by atoms with van der Waals surface area (Å²) in [6, 6.07) is 0. The number of nitrogens with two attached hydrogens (primary N) is 1. The van der Waals surface area contributed by atoms with Gasteiger partial charge in [-0.2, -0.15) is 0 Å². The highest BCUT2D eigenvalue weighted by Gasteiger charge is 1.99. The summed E-state index contributed by atoms with van der Waals surface area (Å²) in [5.74, 6) is 5.76. The molecule has 0 unspecified atom stereocenters. The maximum absolute atomic E-state index is 5.19. The van der Waals surface area contributed by atoms with Crippen LogP contribution in [0.5, 0.6) is 0 Å². The lowest BCUT2D eigenvalue weighted by Gasteiger charge is -2.05. The largest absolute Gasteiger partial charge is 0.349 e. The summed E-state index contributed by atoms with van der Waals surface area (Å²) < 4.78 is 0. The highest BCUT2D eigenvalue weighted by Crippen LogP contribution is 2.09. The lowest BCUT2D eigenvalue weighted by molar-refractivity contribution is 0.834. The Morgan fingerprint density at radius 1 is 1.77 bits per heavy atom. The number of aromatic nitrogens is 1. The molecular formula is C7H13N5S. The van der Waals surface area contributed by atoms with Crippen LogP contribution in [0.25, 0.3) is 0 Å². The van der Waals surface area contributed by atoms with Crippen LogP contribution < -0.4 is 16.6 Å². The second-order valence-corrected chi connectivity index (χ2v) is 3.75. The summed E-state index contributed by atoms with van der Waals surface area (Å²) in [6.45, 7) is 2.67. The number of guanidine groups is 1. The highest BCUT2D eigenvalue weighted by molar-refractivity contribution is 7.11. The average Bonchev–Trinajstić information content (AvgIpc) is 2.53. The summed E-state index contributed by atoms with van der Waals surface area (Å²) in [7, 11) is 1.66. The molecule has 0 radical (unpaired) electrons. The molecule has 1 aromatic heterocycles. The van der Waals surface area contributed by atoms with Gasteiger partial charge in [0.05, 0.1) is 6.54 Å². The Labute approximate surface area is 81.1 Å². The molecule has 13 heavy (non-hydrogen) atoms. The number of thiazole rings is 1. The first kappa shape index (κ1) is 9.94. The average molecular weight is 199 g/mol. The van der Waals surface area contributed by atoms with E-state index in [1.165, 1.54) is 4.88 Å². The van der Waals surface area contributed by atoms with Gasteiger partial charge in [0.25, 0.3) is 0 Å². The second kappa shape index (κ2) is 4.78. The summed E-state index contributed by atoms with van der Waals surface area (Å²) in [6.07, 6.45) is 1.85. The van der Waals surface area contributed by atoms with Crippen molar-refractivity contribution in [2.45, 2.75) is 13.5 Å². The van der Waals surface area contributed by atoms with E-state index in [0.29, 0.717) is 12.5 Å². The predicted molar refractivity (Wildman–Crippen MR) is 54.4 cm³/mol. The van der Waals surface area contributed by atoms with Crippen molar-refractivity contribution in [3.63, 3.8) is 0 Å². The van der Waals surface area contributed by atoms with Gasteiger partial charge in [0, 0.05) is 18.1 Å². The second-order valence-electron chi connectivity index (χ2n) is 2.43. The van der Waals surface area contributed by atoms with Crippen LogP contribution >= 0.6 is 11.3 Å². The fourth-order valence-corrected chi connectivity index (χ4v) is 1.56. The molecule has 0 fully saturated rings. The van der Waals surface area contributed by atoms with E-state index in [4.69, 9.17) is 5.84 Å². The molecule has 0 saturated carbocycles. The van der Waals surface area contributed by atoms with Gasteiger partial charge in [-0.3, -0.25) is 10.4 Å². The number of nitrogens with zero attached hydrogens (tertiary/aromatic N) is 2. The lowest BCUT2D eigenvalue weighted by atomic mass is 10.6. The smallest absolute Gasteiger partial charge is 0.205 e. The molecule has 0 aromatic carbocycles. The van der Waals surface area contributed by atoms with Gasteiger partial charge in [-0.05, 0) is 6.92 Å². The number of hydrogen-bond acceptors (Lipinski definition) is 4. The summed E-state index contributed by atoms with van der Waals surface area (Å²) >= 11 is 1.65. The molecule has 1 rings (SSSR count). The van der Waals surface area contributed by atoms with Gasteiger partial charge in [-0.1, -0.05) is 0 Å². The number of nitrogens with one attached hydrogen (secondary N) is 2. The summed E-state index contributed by atoms with van der Waals surface area (Å²) in [5.41, 5.74) is 2.44. The Kier molecular flexibility index (Phi) is 3.66. The molecule has 4 N–H and O–H groups in total. The third-order valence-corrected chi connectivity index (χ3v) is 2.35. The fraction of sp³-hybridized carbons (Fsp3) is 0.429. The van der Waals surface area contributed by atoms with Crippen molar-refractivity contribution in [2.75, 3.05) is 7.05 Å². The molecule has 1 aromatic rings. The molecular weight excluding hydrogens is 186 g/mol. The molecule has 0 amide bonds. The van der Waals surface area contributed by atoms with Crippen molar-refractivity contribution in [3.8, 4) is 0 Å². The maximum Gasteiger partial charge on any atom is 0.205 e. The molecule has 5 nitrogen and oxygen atoms in total. The molecule has 0 bridgehead atoms. The first-order valence-corrected chi connectivity index (χ1v) is 4.66. The molecule has 0 atom stereocenters. The Hall–Kier alpha value is -1.14. The van der Waals surface area contributed by atoms with Gasteiger partial charge in [-0.25, -0.2) is 10.8 Å². The van der Waals surface area contributed by atoms with E-state index in [-0.39, 0.29) is 0 Å². The zero-order chi connectivity index (χ0) is 9.68. The molecule has 1 heterocycles. The maximum atomic E-state index is 5.19. The van der Waals surface area contributed by atoms with Gasteiger partial charge in [0.1, 0.15) is 5.01 Å². The summed E-state index contributed by atoms with van der Waals surface area (Å²) in [5, 5.41) is 4.03. The number of hydrogen-bond donors (Lipinski definition) is 3. The molecule has 0 aliphatic carbocycles. The number of aliphatic imine (C=N–C) groups is 1. The van der Waals surface area contributed by atoms with Crippen LogP contribution in [0.4, 0.5) is 0 Å². The minimum atomic E-state index is 0.563. The topological polar surface area (TPSA) is 75.3 Å². The van der Waals surface area contributed by atoms with E-state index >= 15 is 0 Å². The van der Waals surface area contributed by atoms with E-state index < -0.39 is 0 Å². The minimum absolute atomic E-state index is 0.563. The third-order valence-electron chi connectivity index (χ3n) is 1.44. The Morgan fingerprint density at radius 3 is 3.00 bits per heavy atom. The molecule has 0 saturated heterocycles. The number of aryl methyl sites for hydroxylation is 1. The normalized spacial score (nSPS) is 11.5. The quantitative estimate of drug-likeness (QED) is 0.271. The van der Waals surface area contributed by atoms with E-state index in [1.807, 2.05) is 13.1 Å². The van der Waals surface area contributed by atoms with Crippen LogP contribution in [0.2, 0.25) is 0 Å². The van der Waals surface area contributed by atoms with Gasteiger partial charge >= 0.3 is 0 Å². The first-order valence-electron chi connectivity index (χ1n) is 3.85. The van der Waals surface area contributed by atoms with E-state index in [1.54, 1.807) is 18.4 Å². The number of rotatable bonds is 2. The van der Waals surface area contributed by atoms with E-state index in [9.17, 15) is 0 Å². The van der Waals surface area contributed by atoms with Crippen LogP contribution in [-0.4, -0.2) is 18.0 Å². The van der Waals surface area contributed by atoms with Gasteiger partial charge in [-0.15, -0.1) is 11.3 Å². The standard InChI is InChI=1S/C7H13N5S/c1-5-3-10-6(13-5)4-11-7(9-2)12-8/h3H,4,8H2,1-2H3,(H2,9,11,12). The van der Waals surface area contributed by atoms with Crippen LogP contribution in [0.3, 0.4) is 0 Å². The van der Waals surface area contributed by atoms with Crippen LogP contribution in [0.1, 0.15) is 9.88 Å². The third kappa shape index (κ3) is 3.00. The predicted octanol–water partition coefficient (Wildman–Crippen LogP) is -0.00978. The minimum Gasteiger partial charge on any atom is -0.349 e. The molecule has 6 heteroatoms. The van der Waals surface area contributed by atoms with E-state index in [0.717, 1.165) is 5.01 Å². The molecule has 0 spiro atoms. The molecule has 0 aliphatic heterocycles. The Bertz CT molecular complexity index is 293. The van der Waals surface area contributed by atoms with Gasteiger partial charge in [0.15, 0.2) is 0 Å². The van der Waals surface area contributed by atoms with Crippen LogP contribution in [0, 0.1) is 6.92 Å².